The van der Waals surface area contributed by atoms with Gasteiger partial charge in [0.1, 0.15) is 12.4 Å². The van der Waals surface area contributed by atoms with Crippen molar-refractivity contribution >= 4 is 11.6 Å². The van der Waals surface area contributed by atoms with E-state index < -0.39 is 0 Å². The fourth-order valence-corrected chi connectivity index (χ4v) is 3.74. The zero-order valence-corrected chi connectivity index (χ0v) is 16.2. The molecule has 1 aromatic carbocycles. The van der Waals surface area contributed by atoms with Crippen LogP contribution in [0.3, 0.4) is 0 Å². The minimum Gasteiger partial charge on any atom is -0.491 e. The second-order valence-corrected chi connectivity index (χ2v) is 7.37. The van der Waals surface area contributed by atoms with Gasteiger partial charge in [-0.05, 0) is 70.0 Å². The third-order valence-corrected chi connectivity index (χ3v) is 5.37. The summed E-state index contributed by atoms with van der Waals surface area (Å²) in [5.74, 6) is 0.521. The molecule has 2 N–H and O–H groups in total. The minimum atomic E-state index is -0.245. The number of hydrogen-bond donors (Lipinski definition) is 2. The number of benzene rings is 1. The van der Waals surface area contributed by atoms with Crippen LogP contribution in [0.15, 0.2) is 24.3 Å². The molecule has 28 heavy (non-hydrogen) atoms. The summed E-state index contributed by atoms with van der Waals surface area (Å²) in [5, 5.41) is 14.6. The average molecular weight is 385 g/mol. The summed E-state index contributed by atoms with van der Waals surface area (Å²) in [4.78, 5) is 12.6. The number of hydrogen-bond acceptors (Lipinski definition) is 6. The van der Waals surface area contributed by atoms with Crippen molar-refractivity contribution < 1.29 is 14.3 Å². The fraction of sp³-hybridized carbons (Fsp3) is 0.550. The Hall–Kier alpha value is -2.45. The predicted octanol–water partition coefficient (Wildman–Crippen LogP) is 2.32. The van der Waals surface area contributed by atoms with Crippen LogP contribution in [0.2, 0.25) is 0 Å². The summed E-state index contributed by atoms with van der Waals surface area (Å²) in [7, 11) is 0. The Labute approximate surface area is 164 Å². The third-order valence-electron chi connectivity index (χ3n) is 5.37. The van der Waals surface area contributed by atoms with E-state index in [2.05, 4.69) is 20.9 Å². The number of anilines is 1. The molecule has 2 aliphatic heterocycles. The lowest BCUT2D eigenvalue weighted by Crippen LogP contribution is -2.30. The van der Waals surface area contributed by atoms with Gasteiger partial charge < -0.3 is 20.1 Å². The molecule has 1 aromatic heterocycles. The highest BCUT2D eigenvalue weighted by atomic mass is 16.5. The van der Waals surface area contributed by atoms with Crippen molar-refractivity contribution in [2.75, 3.05) is 31.6 Å². The molecular formula is C20H27N5O3. The van der Waals surface area contributed by atoms with Crippen LogP contribution in [0.25, 0.3) is 0 Å². The molecule has 4 rings (SSSR count). The topological polar surface area (TPSA) is 90.3 Å². The van der Waals surface area contributed by atoms with Crippen LogP contribution >= 0.6 is 0 Å². The minimum absolute atomic E-state index is 0.185. The number of nitrogens with one attached hydrogen (secondary N) is 2. The second-order valence-electron chi connectivity index (χ2n) is 7.37. The SMILES string of the molecule is Cc1c(C(=O)Nc2ccc(OCC3CCCO3)cc2)nnn1C1CCNCC1. The van der Waals surface area contributed by atoms with E-state index in [0.717, 1.165) is 56.8 Å². The fourth-order valence-electron chi connectivity index (χ4n) is 3.74. The Morgan fingerprint density at radius 2 is 2.07 bits per heavy atom. The molecule has 0 radical (unpaired) electrons. The molecule has 0 saturated carbocycles. The molecular weight excluding hydrogens is 358 g/mol. The number of rotatable bonds is 6. The largest absolute Gasteiger partial charge is 0.491 e. The van der Waals surface area contributed by atoms with Gasteiger partial charge >= 0.3 is 0 Å². The molecule has 0 aliphatic carbocycles. The van der Waals surface area contributed by atoms with E-state index in [9.17, 15) is 4.79 Å². The van der Waals surface area contributed by atoms with Gasteiger partial charge in [-0.2, -0.15) is 0 Å². The maximum atomic E-state index is 12.6. The Kier molecular flexibility index (Phi) is 5.87. The summed E-state index contributed by atoms with van der Waals surface area (Å²) in [5.41, 5.74) is 1.88. The summed E-state index contributed by atoms with van der Waals surface area (Å²) in [6.45, 7) is 5.21. The average Bonchev–Trinajstić information content (AvgIpc) is 3.38. The number of carbonyl (C=O) groups excluding carboxylic acids is 1. The molecule has 8 heteroatoms. The molecule has 2 aliphatic rings. The van der Waals surface area contributed by atoms with Crippen molar-refractivity contribution in [2.45, 2.75) is 44.8 Å². The molecule has 0 spiro atoms. The molecule has 2 saturated heterocycles. The molecule has 150 valence electrons. The van der Waals surface area contributed by atoms with Crippen LogP contribution in [0.5, 0.6) is 5.75 Å². The maximum Gasteiger partial charge on any atom is 0.278 e. The highest BCUT2D eigenvalue weighted by Crippen LogP contribution is 2.22. The first-order chi connectivity index (χ1) is 13.7. The van der Waals surface area contributed by atoms with Crippen molar-refractivity contribution in [2.24, 2.45) is 0 Å². The van der Waals surface area contributed by atoms with Crippen LogP contribution in [0.1, 0.15) is 47.9 Å². The summed E-state index contributed by atoms with van der Waals surface area (Å²) in [6.07, 6.45) is 4.33. The van der Waals surface area contributed by atoms with E-state index in [1.807, 2.05) is 35.9 Å². The van der Waals surface area contributed by atoms with Crippen molar-refractivity contribution in [3.8, 4) is 5.75 Å². The quantitative estimate of drug-likeness (QED) is 0.793. The van der Waals surface area contributed by atoms with Gasteiger partial charge in [0.25, 0.3) is 5.91 Å². The summed E-state index contributed by atoms with van der Waals surface area (Å²) < 4.78 is 13.2. The highest BCUT2D eigenvalue weighted by molar-refractivity contribution is 6.03. The molecule has 3 heterocycles. The number of amides is 1. The van der Waals surface area contributed by atoms with Crippen molar-refractivity contribution in [1.29, 1.82) is 0 Å². The lowest BCUT2D eigenvalue weighted by molar-refractivity contribution is 0.0679. The third kappa shape index (κ3) is 4.34. The van der Waals surface area contributed by atoms with E-state index in [0.29, 0.717) is 24.0 Å². The zero-order valence-electron chi connectivity index (χ0n) is 16.2. The van der Waals surface area contributed by atoms with Gasteiger partial charge in [0.15, 0.2) is 5.69 Å². The molecule has 1 atom stereocenters. The Morgan fingerprint density at radius 3 is 2.79 bits per heavy atom. The molecule has 2 aromatic rings. The van der Waals surface area contributed by atoms with Gasteiger partial charge in [-0.25, -0.2) is 4.68 Å². The first kappa shape index (κ1) is 18.9. The second kappa shape index (κ2) is 8.70. The molecule has 8 nitrogen and oxygen atoms in total. The van der Waals surface area contributed by atoms with Crippen molar-refractivity contribution in [1.82, 2.24) is 20.3 Å². The van der Waals surface area contributed by atoms with Crippen LogP contribution in [0.4, 0.5) is 5.69 Å². The van der Waals surface area contributed by atoms with E-state index in [-0.39, 0.29) is 12.0 Å². The van der Waals surface area contributed by atoms with Crippen LogP contribution < -0.4 is 15.4 Å². The predicted molar refractivity (Wildman–Crippen MR) is 105 cm³/mol. The van der Waals surface area contributed by atoms with Gasteiger partial charge in [-0.1, -0.05) is 5.21 Å². The Morgan fingerprint density at radius 1 is 1.29 bits per heavy atom. The van der Waals surface area contributed by atoms with E-state index in [1.54, 1.807) is 0 Å². The number of piperidine rings is 1. The maximum absolute atomic E-state index is 12.6. The molecule has 2 fully saturated rings. The lowest BCUT2D eigenvalue weighted by atomic mass is 10.1. The van der Waals surface area contributed by atoms with Gasteiger partial charge in [0.05, 0.1) is 17.8 Å². The van der Waals surface area contributed by atoms with Crippen LogP contribution in [0, 0.1) is 6.92 Å². The normalized spacial score (nSPS) is 20.2. The zero-order chi connectivity index (χ0) is 19.3. The van der Waals surface area contributed by atoms with Gasteiger partial charge in [-0.15, -0.1) is 5.10 Å². The van der Waals surface area contributed by atoms with E-state index >= 15 is 0 Å². The Balaban J connectivity index is 1.34. The summed E-state index contributed by atoms with van der Waals surface area (Å²) in [6, 6.07) is 7.66. The van der Waals surface area contributed by atoms with Crippen molar-refractivity contribution in [3.63, 3.8) is 0 Å². The van der Waals surface area contributed by atoms with Gasteiger partial charge in [0.2, 0.25) is 0 Å². The van der Waals surface area contributed by atoms with E-state index in [1.165, 1.54) is 0 Å². The molecule has 0 bridgehead atoms. The van der Waals surface area contributed by atoms with Crippen molar-refractivity contribution in [3.05, 3.63) is 35.7 Å². The monoisotopic (exact) mass is 385 g/mol. The number of carbonyl (C=O) groups is 1. The van der Waals surface area contributed by atoms with Gasteiger partial charge in [-0.3, -0.25) is 4.79 Å². The Bertz CT molecular complexity index is 793. The first-order valence-electron chi connectivity index (χ1n) is 9.99. The first-order valence-corrected chi connectivity index (χ1v) is 9.99. The summed E-state index contributed by atoms with van der Waals surface area (Å²) >= 11 is 0. The number of aromatic nitrogens is 3. The standard InChI is InChI=1S/C20H27N5O3/c1-14-19(23-24-25(14)16-8-10-21-11-9-16)20(26)22-15-4-6-17(7-5-15)28-13-18-3-2-12-27-18/h4-7,16,18,21H,2-3,8-13H2,1H3,(H,22,26). The lowest BCUT2D eigenvalue weighted by Gasteiger charge is -2.23. The van der Waals surface area contributed by atoms with E-state index in [4.69, 9.17) is 9.47 Å². The smallest absolute Gasteiger partial charge is 0.278 e. The van der Waals surface area contributed by atoms with Gasteiger partial charge in [0, 0.05) is 12.3 Å². The van der Waals surface area contributed by atoms with Crippen LogP contribution in [-0.2, 0) is 4.74 Å². The highest BCUT2D eigenvalue weighted by Gasteiger charge is 2.23. The van der Waals surface area contributed by atoms with Crippen LogP contribution in [-0.4, -0.2) is 53.3 Å². The number of nitrogens with zero attached hydrogens (tertiary/aromatic N) is 3. The number of ether oxygens (including phenoxy) is 2. The molecule has 1 amide bonds. The molecule has 1 unspecified atom stereocenters.